The highest BCUT2D eigenvalue weighted by Gasteiger charge is 2.58. The highest BCUT2D eigenvalue weighted by atomic mass is 19.4. The third-order valence-electron chi connectivity index (χ3n) is 3.40. The van der Waals surface area contributed by atoms with Gasteiger partial charge >= 0.3 is 12.4 Å². The Morgan fingerprint density at radius 1 is 1.00 bits per heavy atom. The molecule has 0 fully saturated rings. The van der Waals surface area contributed by atoms with Crippen LogP contribution in [0, 0.1) is 0 Å². The van der Waals surface area contributed by atoms with Gasteiger partial charge in [0.15, 0.2) is 5.92 Å². The lowest BCUT2D eigenvalue weighted by atomic mass is 9.98. The van der Waals surface area contributed by atoms with E-state index in [-0.39, 0.29) is 5.82 Å². The van der Waals surface area contributed by atoms with Crippen molar-refractivity contribution < 1.29 is 31.1 Å². The van der Waals surface area contributed by atoms with Crippen LogP contribution in [0.25, 0.3) is 0 Å². The molecule has 1 aromatic rings. The van der Waals surface area contributed by atoms with E-state index in [4.69, 9.17) is 4.74 Å². The number of hydrogen-bond acceptors (Lipinski definition) is 3. The van der Waals surface area contributed by atoms with E-state index in [1.54, 1.807) is 20.8 Å². The van der Waals surface area contributed by atoms with Gasteiger partial charge < -0.3 is 10.1 Å². The fourth-order valence-corrected chi connectivity index (χ4v) is 2.20. The smallest absolute Gasteiger partial charge is 0.404 e. The van der Waals surface area contributed by atoms with Gasteiger partial charge in [-0.3, -0.25) is 0 Å². The van der Waals surface area contributed by atoms with Gasteiger partial charge in [0, 0.05) is 12.1 Å². The fourth-order valence-electron chi connectivity index (χ4n) is 2.20. The van der Waals surface area contributed by atoms with Crippen molar-refractivity contribution in [1.29, 1.82) is 0 Å². The monoisotopic (exact) mass is 358 g/mol. The first-order valence-corrected chi connectivity index (χ1v) is 7.59. The average molecular weight is 358 g/mol. The second kappa shape index (κ2) is 7.94. The summed E-state index contributed by atoms with van der Waals surface area (Å²) in [6, 6.07) is 1.86. The molecule has 0 aromatic carbocycles. The van der Waals surface area contributed by atoms with Gasteiger partial charge in [-0.05, 0) is 31.9 Å². The molecule has 0 radical (unpaired) electrons. The second-order valence-corrected chi connectivity index (χ2v) is 5.19. The maximum Gasteiger partial charge on any atom is 0.404 e. The first-order chi connectivity index (χ1) is 11.0. The summed E-state index contributed by atoms with van der Waals surface area (Å²) in [6.45, 7) is 5.60. The van der Waals surface area contributed by atoms with E-state index in [1.807, 2.05) is 0 Å². The van der Waals surface area contributed by atoms with Crippen LogP contribution in [0.4, 0.5) is 32.2 Å². The van der Waals surface area contributed by atoms with E-state index < -0.39 is 35.8 Å². The van der Waals surface area contributed by atoms with Crippen molar-refractivity contribution in [2.75, 3.05) is 11.9 Å². The molecule has 3 nitrogen and oxygen atoms in total. The molecule has 0 aliphatic carbocycles. The van der Waals surface area contributed by atoms with Crippen LogP contribution in [-0.2, 0) is 0 Å². The summed E-state index contributed by atoms with van der Waals surface area (Å²) in [5, 5.41) is 2.75. The molecule has 1 heterocycles. The molecule has 1 aromatic heterocycles. The highest BCUT2D eigenvalue weighted by molar-refractivity contribution is 5.44. The van der Waals surface area contributed by atoms with Crippen LogP contribution in [0.1, 0.15) is 45.1 Å². The number of pyridine rings is 1. The molecular weight excluding hydrogens is 338 g/mol. The topological polar surface area (TPSA) is 34.1 Å². The summed E-state index contributed by atoms with van der Waals surface area (Å²) in [4.78, 5) is 3.81. The minimum Gasteiger partial charge on any atom is -0.474 e. The molecular formula is C15H20F6N2O. The number of aromatic nitrogens is 1. The number of nitrogens with zero attached hydrogens (tertiary/aromatic N) is 1. The van der Waals surface area contributed by atoms with E-state index in [2.05, 4.69) is 10.3 Å². The SMILES string of the molecule is CCNc1ccc(C(C(F)(F)F)C(F)(F)F)c(OC(CC)CC)n1. The normalized spacial score (nSPS) is 12.8. The number of anilines is 1. The minimum absolute atomic E-state index is 0.158. The lowest BCUT2D eigenvalue weighted by Crippen LogP contribution is -2.35. The third-order valence-corrected chi connectivity index (χ3v) is 3.40. The second-order valence-electron chi connectivity index (χ2n) is 5.19. The minimum atomic E-state index is -5.49. The Morgan fingerprint density at radius 3 is 1.96 bits per heavy atom. The Labute approximate surface area is 136 Å². The molecule has 0 unspecified atom stereocenters. The van der Waals surface area contributed by atoms with Crippen molar-refractivity contribution in [1.82, 2.24) is 4.98 Å². The van der Waals surface area contributed by atoms with Gasteiger partial charge in [0.05, 0.1) is 6.10 Å². The first-order valence-electron chi connectivity index (χ1n) is 7.59. The van der Waals surface area contributed by atoms with Crippen molar-refractivity contribution in [2.24, 2.45) is 0 Å². The number of nitrogens with one attached hydrogen (secondary N) is 1. The van der Waals surface area contributed by atoms with Gasteiger partial charge in [-0.1, -0.05) is 13.8 Å². The van der Waals surface area contributed by atoms with Crippen LogP contribution in [0.15, 0.2) is 12.1 Å². The Hall–Kier alpha value is -1.67. The number of ether oxygens (including phenoxy) is 1. The zero-order valence-electron chi connectivity index (χ0n) is 13.6. The largest absolute Gasteiger partial charge is 0.474 e. The fraction of sp³-hybridized carbons (Fsp3) is 0.667. The summed E-state index contributed by atoms with van der Waals surface area (Å²) >= 11 is 0. The number of rotatable bonds is 7. The van der Waals surface area contributed by atoms with Crippen LogP contribution in [0.2, 0.25) is 0 Å². The lowest BCUT2D eigenvalue weighted by Gasteiger charge is -2.26. The lowest BCUT2D eigenvalue weighted by molar-refractivity contribution is -0.254. The van der Waals surface area contributed by atoms with Gasteiger partial charge in [-0.15, -0.1) is 0 Å². The van der Waals surface area contributed by atoms with Crippen molar-refractivity contribution in [3.63, 3.8) is 0 Å². The molecule has 9 heteroatoms. The molecule has 0 saturated carbocycles. The average Bonchev–Trinajstić information content (AvgIpc) is 2.44. The van der Waals surface area contributed by atoms with Crippen LogP contribution in [0.5, 0.6) is 5.88 Å². The van der Waals surface area contributed by atoms with Crippen molar-refractivity contribution in [3.05, 3.63) is 17.7 Å². The highest BCUT2D eigenvalue weighted by Crippen LogP contribution is 2.48. The number of hydrogen-bond donors (Lipinski definition) is 1. The molecule has 0 amide bonds. The van der Waals surface area contributed by atoms with E-state index in [0.29, 0.717) is 19.4 Å². The Balaban J connectivity index is 3.42. The quantitative estimate of drug-likeness (QED) is 0.673. The van der Waals surface area contributed by atoms with E-state index >= 15 is 0 Å². The molecule has 0 bridgehead atoms. The van der Waals surface area contributed by atoms with Gasteiger partial charge in [0.1, 0.15) is 5.82 Å². The van der Waals surface area contributed by atoms with Crippen LogP contribution in [0.3, 0.4) is 0 Å². The molecule has 24 heavy (non-hydrogen) atoms. The predicted molar refractivity (Wildman–Crippen MR) is 78.2 cm³/mol. The summed E-state index contributed by atoms with van der Waals surface area (Å²) < 4.78 is 83.4. The van der Waals surface area contributed by atoms with E-state index in [9.17, 15) is 26.3 Å². The first kappa shape index (κ1) is 20.4. The molecule has 0 spiro atoms. The summed E-state index contributed by atoms with van der Waals surface area (Å²) in [6.07, 6.45) is -10.6. The van der Waals surface area contributed by atoms with Gasteiger partial charge in [0.25, 0.3) is 0 Å². The Kier molecular flexibility index (Phi) is 6.74. The van der Waals surface area contributed by atoms with Crippen LogP contribution >= 0.6 is 0 Å². The maximum atomic E-state index is 13.0. The van der Waals surface area contributed by atoms with E-state index in [0.717, 1.165) is 12.1 Å². The summed E-state index contributed by atoms with van der Waals surface area (Å²) in [5.74, 6) is -4.12. The predicted octanol–water partition coefficient (Wildman–Crippen LogP) is 5.29. The van der Waals surface area contributed by atoms with Crippen molar-refractivity contribution in [3.8, 4) is 5.88 Å². The van der Waals surface area contributed by atoms with Gasteiger partial charge in [-0.2, -0.15) is 31.3 Å². The summed E-state index contributed by atoms with van der Waals surface area (Å²) in [7, 11) is 0. The van der Waals surface area contributed by atoms with Gasteiger partial charge in [0.2, 0.25) is 5.88 Å². The van der Waals surface area contributed by atoms with E-state index in [1.165, 1.54) is 0 Å². The standard InChI is InChI=1S/C15H20F6N2O/c1-4-9(5-2)24-13-10(7-8-11(23-13)22-6-3)12(14(16,17)18)15(19,20)21/h7-9,12H,4-6H2,1-3H3,(H,22,23). The molecule has 0 atom stereocenters. The zero-order valence-corrected chi connectivity index (χ0v) is 13.6. The Bertz CT molecular complexity index is 512. The molecule has 0 saturated heterocycles. The van der Waals surface area contributed by atoms with Crippen molar-refractivity contribution in [2.45, 2.75) is 58.0 Å². The summed E-state index contributed by atoms with van der Waals surface area (Å²) in [5.41, 5.74) is -1.02. The number of alkyl halides is 6. The Morgan fingerprint density at radius 2 is 1.54 bits per heavy atom. The molecule has 0 aliphatic heterocycles. The maximum absolute atomic E-state index is 13.0. The van der Waals surface area contributed by atoms with Gasteiger partial charge in [-0.25, -0.2) is 0 Å². The third kappa shape index (κ3) is 5.17. The van der Waals surface area contributed by atoms with Crippen LogP contribution < -0.4 is 10.1 Å². The molecule has 1 rings (SSSR count). The van der Waals surface area contributed by atoms with Crippen molar-refractivity contribution >= 4 is 5.82 Å². The van der Waals surface area contributed by atoms with Crippen LogP contribution in [-0.4, -0.2) is 30.0 Å². The number of halogens is 6. The molecule has 1 N–H and O–H groups in total. The molecule has 0 aliphatic rings. The molecule has 138 valence electrons. The zero-order chi connectivity index (χ0) is 18.5.